The number of anilines is 2. The summed E-state index contributed by atoms with van der Waals surface area (Å²) in [7, 11) is 0. The van der Waals surface area contributed by atoms with Gasteiger partial charge < -0.3 is 20.3 Å². The second-order valence-corrected chi connectivity index (χ2v) is 8.55. The Hall–Kier alpha value is -2.94. The number of rotatable bonds is 11. The molecule has 0 fully saturated rings. The largest absolute Gasteiger partial charge is 0.504 e. The van der Waals surface area contributed by atoms with Gasteiger partial charge in [-0.3, -0.25) is 0 Å². The smallest absolute Gasteiger partial charge is 0.420 e. The molecular formula is C28H39F3N2O3S. The van der Waals surface area contributed by atoms with Crippen LogP contribution < -0.4 is 10.1 Å². The zero-order valence-electron chi connectivity index (χ0n) is 22.3. The number of thiazole rings is 1. The number of phenols is 2. The van der Waals surface area contributed by atoms with Crippen molar-refractivity contribution in [2.45, 2.75) is 79.3 Å². The third kappa shape index (κ3) is 10.5. The molecule has 0 aliphatic carbocycles. The quantitative estimate of drug-likeness (QED) is 0.167. The molecule has 0 saturated carbocycles. The standard InChI is InChI=1S/C24H27F3N2O3S.2C2H6/c1-2-3-4-5-6-7-12-32-22-11-9-17(14-18(22)24(25,26)27)28-23-29-19(15-33-23)16-8-10-20(30)21(31)13-16;2*1-2/h8-11,13-15,30-31H,2-7,12H2,1H3,(H,28,29);2*1-2H3. The topological polar surface area (TPSA) is 74.6 Å². The van der Waals surface area contributed by atoms with E-state index in [0.29, 0.717) is 16.4 Å². The van der Waals surface area contributed by atoms with Crippen molar-refractivity contribution in [1.82, 2.24) is 4.98 Å². The lowest BCUT2D eigenvalue weighted by Gasteiger charge is -2.15. The molecule has 1 heterocycles. The second-order valence-electron chi connectivity index (χ2n) is 7.69. The summed E-state index contributed by atoms with van der Waals surface area (Å²) < 4.78 is 46.3. The van der Waals surface area contributed by atoms with E-state index in [1.807, 2.05) is 27.7 Å². The summed E-state index contributed by atoms with van der Waals surface area (Å²) in [6.07, 6.45) is 1.62. The lowest BCUT2D eigenvalue weighted by atomic mass is 10.1. The molecule has 0 bridgehead atoms. The zero-order chi connectivity index (χ0) is 27.8. The van der Waals surface area contributed by atoms with Crippen molar-refractivity contribution in [3.05, 3.63) is 47.3 Å². The molecule has 206 valence electrons. The Morgan fingerprint density at radius 1 is 0.892 bits per heavy atom. The third-order valence-electron chi connectivity index (χ3n) is 5.07. The maximum Gasteiger partial charge on any atom is 0.420 e. The highest BCUT2D eigenvalue weighted by atomic mass is 32.1. The second kappa shape index (κ2) is 16.7. The molecule has 0 atom stereocenters. The van der Waals surface area contributed by atoms with Crippen LogP contribution in [0, 0.1) is 0 Å². The molecular weight excluding hydrogens is 501 g/mol. The minimum atomic E-state index is -4.55. The molecule has 3 aromatic rings. The highest BCUT2D eigenvalue weighted by Gasteiger charge is 2.34. The maximum absolute atomic E-state index is 13.6. The normalized spacial score (nSPS) is 10.6. The van der Waals surface area contributed by atoms with Gasteiger partial charge in [-0.15, -0.1) is 11.3 Å². The summed E-state index contributed by atoms with van der Waals surface area (Å²) in [4.78, 5) is 4.35. The van der Waals surface area contributed by atoms with Crippen LogP contribution in [-0.4, -0.2) is 21.8 Å². The van der Waals surface area contributed by atoms with Crippen molar-refractivity contribution >= 4 is 22.2 Å². The van der Waals surface area contributed by atoms with Gasteiger partial charge in [0.1, 0.15) is 5.75 Å². The van der Waals surface area contributed by atoms with Crippen molar-refractivity contribution in [3.63, 3.8) is 0 Å². The lowest BCUT2D eigenvalue weighted by Crippen LogP contribution is -2.10. The van der Waals surface area contributed by atoms with Gasteiger partial charge in [-0.1, -0.05) is 66.7 Å². The predicted octanol–water partition coefficient (Wildman–Crippen LogP) is 9.78. The van der Waals surface area contributed by atoms with E-state index >= 15 is 0 Å². The molecule has 0 saturated heterocycles. The monoisotopic (exact) mass is 540 g/mol. The van der Waals surface area contributed by atoms with Crippen LogP contribution in [0.15, 0.2) is 41.8 Å². The summed E-state index contributed by atoms with van der Waals surface area (Å²) in [5.74, 6) is -0.701. The fourth-order valence-corrected chi connectivity index (χ4v) is 4.03. The molecule has 3 N–H and O–H groups in total. The molecule has 9 heteroatoms. The average Bonchev–Trinajstić information content (AvgIpc) is 3.36. The Balaban J connectivity index is 0.00000163. The number of alkyl halides is 3. The Labute approximate surface area is 222 Å². The number of halogens is 3. The number of ether oxygens (including phenoxy) is 1. The van der Waals surface area contributed by atoms with Crippen molar-refractivity contribution < 1.29 is 28.1 Å². The lowest BCUT2D eigenvalue weighted by molar-refractivity contribution is -0.138. The van der Waals surface area contributed by atoms with E-state index in [2.05, 4.69) is 17.2 Å². The molecule has 0 amide bonds. The van der Waals surface area contributed by atoms with Gasteiger partial charge in [0.25, 0.3) is 0 Å². The fourth-order valence-electron chi connectivity index (χ4n) is 3.29. The van der Waals surface area contributed by atoms with Crippen LogP contribution in [0.4, 0.5) is 24.0 Å². The Kier molecular flexibility index (Phi) is 14.5. The summed E-state index contributed by atoms with van der Waals surface area (Å²) in [5.41, 5.74) is 0.499. The summed E-state index contributed by atoms with van der Waals surface area (Å²) in [5, 5.41) is 24.1. The van der Waals surface area contributed by atoms with Crippen LogP contribution in [0.2, 0.25) is 0 Å². The SMILES string of the molecule is CC.CC.CCCCCCCCOc1ccc(Nc2nc(-c3ccc(O)c(O)c3)cs2)cc1C(F)(F)F. The van der Waals surface area contributed by atoms with Crippen LogP contribution in [0.1, 0.15) is 78.7 Å². The minimum absolute atomic E-state index is 0.180. The van der Waals surface area contributed by atoms with E-state index in [9.17, 15) is 23.4 Å². The number of aromatic hydroxyl groups is 2. The predicted molar refractivity (Wildman–Crippen MR) is 147 cm³/mol. The molecule has 5 nitrogen and oxygen atoms in total. The third-order valence-corrected chi connectivity index (χ3v) is 5.82. The first-order chi connectivity index (χ1) is 17.8. The van der Waals surface area contributed by atoms with E-state index in [0.717, 1.165) is 38.2 Å². The number of aromatic nitrogens is 1. The van der Waals surface area contributed by atoms with Crippen molar-refractivity contribution in [2.75, 3.05) is 11.9 Å². The molecule has 2 aromatic carbocycles. The number of unbranched alkanes of at least 4 members (excludes halogenated alkanes) is 5. The number of hydrogen-bond acceptors (Lipinski definition) is 6. The van der Waals surface area contributed by atoms with Crippen molar-refractivity contribution in [1.29, 1.82) is 0 Å². The number of phenolic OH excluding ortho intramolecular Hbond substituents is 2. The van der Waals surface area contributed by atoms with Gasteiger partial charge in [-0.05, 0) is 42.8 Å². The number of nitrogens with zero attached hydrogens (tertiary/aromatic N) is 1. The van der Waals surface area contributed by atoms with Crippen molar-refractivity contribution in [3.8, 4) is 28.5 Å². The van der Waals surface area contributed by atoms with Crippen LogP contribution >= 0.6 is 11.3 Å². The summed E-state index contributed by atoms with van der Waals surface area (Å²) in [6.45, 7) is 10.4. The van der Waals surface area contributed by atoms with Crippen LogP contribution in [0.5, 0.6) is 17.2 Å². The molecule has 0 aliphatic rings. The van der Waals surface area contributed by atoms with Gasteiger partial charge >= 0.3 is 6.18 Å². The highest BCUT2D eigenvalue weighted by Crippen LogP contribution is 2.39. The summed E-state index contributed by atoms with van der Waals surface area (Å²) in [6, 6.07) is 8.17. The zero-order valence-corrected chi connectivity index (χ0v) is 23.1. The van der Waals surface area contributed by atoms with Gasteiger partial charge in [-0.25, -0.2) is 4.98 Å². The van der Waals surface area contributed by atoms with Crippen LogP contribution in [-0.2, 0) is 6.18 Å². The fraction of sp³-hybridized carbons (Fsp3) is 0.464. The van der Waals surface area contributed by atoms with Gasteiger partial charge in [0.2, 0.25) is 0 Å². The Morgan fingerprint density at radius 3 is 2.22 bits per heavy atom. The van der Waals surface area contributed by atoms with Gasteiger partial charge in [0, 0.05) is 16.6 Å². The number of hydrogen-bond donors (Lipinski definition) is 3. The molecule has 0 spiro atoms. The first kappa shape index (κ1) is 32.1. The maximum atomic E-state index is 13.6. The Morgan fingerprint density at radius 2 is 1.57 bits per heavy atom. The van der Waals surface area contributed by atoms with Crippen molar-refractivity contribution in [2.24, 2.45) is 0 Å². The van der Waals surface area contributed by atoms with E-state index < -0.39 is 11.7 Å². The first-order valence-electron chi connectivity index (χ1n) is 12.9. The molecule has 0 radical (unpaired) electrons. The van der Waals surface area contributed by atoms with Gasteiger partial charge in [-0.2, -0.15) is 13.2 Å². The highest BCUT2D eigenvalue weighted by molar-refractivity contribution is 7.14. The molecule has 0 aliphatic heterocycles. The molecule has 3 rings (SSSR count). The molecule has 0 unspecified atom stereocenters. The van der Waals surface area contributed by atoms with E-state index in [-0.39, 0.29) is 29.5 Å². The Bertz CT molecular complexity index is 1060. The first-order valence-corrected chi connectivity index (χ1v) is 13.7. The number of benzene rings is 2. The van der Waals surface area contributed by atoms with Crippen LogP contribution in [0.3, 0.4) is 0 Å². The molecule has 1 aromatic heterocycles. The van der Waals surface area contributed by atoms with E-state index in [1.165, 1.54) is 42.0 Å². The summed E-state index contributed by atoms with van der Waals surface area (Å²) >= 11 is 1.21. The molecule has 37 heavy (non-hydrogen) atoms. The van der Waals surface area contributed by atoms with E-state index in [1.54, 1.807) is 11.4 Å². The van der Waals surface area contributed by atoms with Crippen LogP contribution in [0.25, 0.3) is 11.3 Å². The minimum Gasteiger partial charge on any atom is -0.504 e. The van der Waals surface area contributed by atoms with E-state index in [4.69, 9.17) is 4.74 Å². The average molecular weight is 541 g/mol. The van der Waals surface area contributed by atoms with Gasteiger partial charge in [0.15, 0.2) is 16.6 Å². The number of nitrogens with one attached hydrogen (secondary N) is 1. The van der Waals surface area contributed by atoms with Gasteiger partial charge in [0.05, 0.1) is 17.9 Å².